The van der Waals surface area contributed by atoms with Crippen LogP contribution in [0.2, 0.25) is 0 Å². The maximum absolute atomic E-state index is 12.3. The number of carbonyl (C=O) groups is 1. The molecule has 2 N–H and O–H groups in total. The SMILES string of the molecule is O=C(NCCN1CCNCC1)c1ccc(-c2nc3ccccc3s2)o1. The van der Waals surface area contributed by atoms with Crippen molar-refractivity contribution >= 4 is 27.5 Å². The van der Waals surface area contributed by atoms with Crippen LogP contribution in [0.4, 0.5) is 0 Å². The number of thiazole rings is 1. The molecule has 3 heterocycles. The quantitative estimate of drug-likeness (QED) is 0.733. The van der Waals surface area contributed by atoms with Gasteiger partial charge in [-0.3, -0.25) is 9.69 Å². The largest absolute Gasteiger partial charge is 0.448 e. The van der Waals surface area contributed by atoms with Crippen LogP contribution >= 0.6 is 11.3 Å². The van der Waals surface area contributed by atoms with E-state index in [1.165, 1.54) is 0 Å². The fourth-order valence-corrected chi connectivity index (χ4v) is 3.83. The Morgan fingerprint density at radius 3 is 2.92 bits per heavy atom. The Morgan fingerprint density at radius 1 is 1.24 bits per heavy atom. The van der Waals surface area contributed by atoms with Crippen molar-refractivity contribution in [1.82, 2.24) is 20.5 Å². The second-order valence-corrected chi connectivity index (χ2v) is 7.03. The van der Waals surface area contributed by atoms with Gasteiger partial charge in [0.1, 0.15) is 0 Å². The first kappa shape index (κ1) is 16.3. The maximum atomic E-state index is 12.3. The van der Waals surface area contributed by atoms with Crippen molar-refractivity contribution in [1.29, 1.82) is 0 Å². The summed E-state index contributed by atoms with van der Waals surface area (Å²) in [7, 11) is 0. The van der Waals surface area contributed by atoms with E-state index in [1.54, 1.807) is 17.4 Å². The summed E-state index contributed by atoms with van der Waals surface area (Å²) in [5.41, 5.74) is 0.945. The number of para-hydroxylation sites is 1. The molecule has 1 aromatic carbocycles. The standard InChI is InChI=1S/C18H20N4O2S/c23-17(20-9-12-22-10-7-19-8-11-22)14-5-6-15(24-14)18-21-13-3-1-2-4-16(13)25-18/h1-6,19H,7-12H2,(H,20,23). The van der Waals surface area contributed by atoms with Crippen molar-refractivity contribution in [3.8, 4) is 10.8 Å². The van der Waals surface area contributed by atoms with E-state index in [1.807, 2.05) is 30.3 Å². The van der Waals surface area contributed by atoms with Crippen molar-refractivity contribution in [2.24, 2.45) is 0 Å². The second-order valence-electron chi connectivity index (χ2n) is 6.00. The monoisotopic (exact) mass is 356 g/mol. The summed E-state index contributed by atoms with van der Waals surface area (Å²) in [6.07, 6.45) is 0. The lowest BCUT2D eigenvalue weighted by Gasteiger charge is -2.26. The molecule has 4 rings (SSSR count). The highest BCUT2D eigenvalue weighted by molar-refractivity contribution is 7.21. The number of fused-ring (bicyclic) bond motifs is 1. The van der Waals surface area contributed by atoms with Gasteiger partial charge >= 0.3 is 0 Å². The Balaban J connectivity index is 1.37. The summed E-state index contributed by atoms with van der Waals surface area (Å²) >= 11 is 1.56. The fourth-order valence-electron chi connectivity index (χ4n) is 2.90. The number of aromatic nitrogens is 1. The van der Waals surface area contributed by atoms with E-state index < -0.39 is 0 Å². The number of hydrogen-bond acceptors (Lipinski definition) is 6. The molecule has 0 atom stereocenters. The van der Waals surface area contributed by atoms with Gasteiger partial charge in [0, 0.05) is 39.3 Å². The number of furan rings is 1. The fraction of sp³-hybridized carbons (Fsp3) is 0.333. The highest BCUT2D eigenvalue weighted by Gasteiger charge is 2.15. The zero-order valence-electron chi connectivity index (χ0n) is 13.8. The molecule has 130 valence electrons. The zero-order valence-corrected chi connectivity index (χ0v) is 14.6. The van der Waals surface area contributed by atoms with Crippen molar-refractivity contribution in [3.63, 3.8) is 0 Å². The molecule has 2 aromatic heterocycles. The van der Waals surface area contributed by atoms with Crippen LogP contribution in [0, 0.1) is 0 Å². The van der Waals surface area contributed by atoms with E-state index in [9.17, 15) is 4.79 Å². The van der Waals surface area contributed by atoms with Gasteiger partial charge in [0.05, 0.1) is 10.2 Å². The number of nitrogens with zero attached hydrogens (tertiary/aromatic N) is 2. The summed E-state index contributed by atoms with van der Waals surface area (Å²) in [5.74, 6) is 0.783. The molecule has 1 fully saturated rings. The molecule has 0 saturated carbocycles. The van der Waals surface area contributed by atoms with E-state index in [-0.39, 0.29) is 5.91 Å². The van der Waals surface area contributed by atoms with E-state index in [2.05, 4.69) is 20.5 Å². The molecule has 0 spiro atoms. The lowest BCUT2D eigenvalue weighted by molar-refractivity contribution is 0.0920. The van der Waals surface area contributed by atoms with Gasteiger partial charge in [0.25, 0.3) is 5.91 Å². The summed E-state index contributed by atoms with van der Waals surface area (Å²) in [4.78, 5) is 19.1. The number of carbonyl (C=O) groups excluding carboxylic acids is 1. The summed E-state index contributed by atoms with van der Waals surface area (Å²) in [6, 6.07) is 11.5. The highest BCUT2D eigenvalue weighted by atomic mass is 32.1. The van der Waals surface area contributed by atoms with Gasteiger partial charge in [-0.05, 0) is 24.3 Å². The maximum Gasteiger partial charge on any atom is 0.287 e. The summed E-state index contributed by atoms with van der Waals surface area (Å²) in [6.45, 7) is 5.56. The van der Waals surface area contributed by atoms with Crippen LogP contribution in [0.3, 0.4) is 0 Å². The first-order valence-corrected chi connectivity index (χ1v) is 9.28. The Labute approximate surface area is 149 Å². The molecule has 1 aliphatic heterocycles. The molecule has 1 aliphatic rings. The molecule has 3 aromatic rings. The average Bonchev–Trinajstić information content (AvgIpc) is 3.29. The highest BCUT2D eigenvalue weighted by Crippen LogP contribution is 2.31. The number of amides is 1. The summed E-state index contributed by atoms with van der Waals surface area (Å²) < 4.78 is 6.82. The smallest absolute Gasteiger partial charge is 0.287 e. The molecular weight excluding hydrogens is 336 g/mol. The normalized spacial score (nSPS) is 15.5. The molecule has 6 nitrogen and oxygen atoms in total. The summed E-state index contributed by atoms with van der Waals surface area (Å²) in [5, 5.41) is 7.04. The Hall–Kier alpha value is -2.22. The van der Waals surface area contributed by atoms with Gasteiger partial charge in [0.15, 0.2) is 16.5 Å². The number of nitrogens with one attached hydrogen (secondary N) is 2. The first-order chi connectivity index (χ1) is 12.3. The minimum absolute atomic E-state index is 0.178. The molecular formula is C18H20N4O2S. The Kier molecular flexibility index (Phi) is 4.78. The molecule has 0 radical (unpaired) electrons. The van der Waals surface area contributed by atoms with E-state index in [0.717, 1.165) is 47.9 Å². The van der Waals surface area contributed by atoms with Crippen LogP contribution in [0.1, 0.15) is 10.6 Å². The minimum atomic E-state index is -0.178. The van der Waals surface area contributed by atoms with Crippen molar-refractivity contribution in [3.05, 3.63) is 42.2 Å². The van der Waals surface area contributed by atoms with Gasteiger partial charge in [0.2, 0.25) is 0 Å². The van der Waals surface area contributed by atoms with Crippen molar-refractivity contribution < 1.29 is 9.21 Å². The van der Waals surface area contributed by atoms with Crippen LogP contribution in [0.15, 0.2) is 40.8 Å². The Bertz CT molecular complexity index is 834. The minimum Gasteiger partial charge on any atom is -0.448 e. The van der Waals surface area contributed by atoms with Gasteiger partial charge in [-0.25, -0.2) is 4.98 Å². The molecule has 0 bridgehead atoms. The van der Waals surface area contributed by atoms with Crippen LogP contribution in [-0.2, 0) is 0 Å². The molecule has 0 aliphatic carbocycles. The molecule has 7 heteroatoms. The molecule has 1 amide bonds. The Morgan fingerprint density at radius 2 is 2.08 bits per heavy atom. The lowest BCUT2D eigenvalue weighted by atomic mass is 10.3. The van der Waals surface area contributed by atoms with Gasteiger partial charge in [-0.2, -0.15) is 0 Å². The van der Waals surface area contributed by atoms with Gasteiger partial charge < -0.3 is 15.1 Å². The van der Waals surface area contributed by atoms with Crippen LogP contribution < -0.4 is 10.6 Å². The van der Waals surface area contributed by atoms with Crippen molar-refractivity contribution in [2.75, 3.05) is 39.3 Å². The van der Waals surface area contributed by atoms with Crippen LogP contribution in [0.25, 0.3) is 21.0 Å². The van der Waals surface area contributed by atoms with E-state index in [4.69, 9.17) is 4.42 Å². The number of rotatable bonds is 5. The predicted octanol–water partition coefficient (Wildman–Crippen LogP) is 2.19. The molecule has 25 heavy (non-hydrogen) atoms. The topological polar surface area (TPSA) is 70.4 Å². The predicted molar refractivity (Wildman–Crippen MR) is 99.0 cm³/mol. The van der Waals surface area contributed by atoms with E-state index in [0.29, 0.717) is 18.1 Å². The van der Waals surface area contributed by atoms with Gasteiger partial charge in [-0.15, -0.1) is 11.3 Å². The molecule has 1 saturated heterocycles. The lowest BCUT2D eigenvalue weighted by Crippen LogP contribution is -2.46. The third kappa shape index (κ3) is 3.73. The zero-order chi connectivity index (χ0) is 17.1. The van der Waals surface area contributed by atoms with Crippen LogP contribution in [-0.4, -0.2) is 55.1 Å². The average molecular weight is 356 g/mol. The number of benzene rings is 1. The number of hydrogen-bond donors (Lipinski definition) is 2. The van der Waals surface area contributed by atoms with Gasteiger partial charge in [-0.1, -0.05) is 12.1 Å². The van der Waals surface area contributed by atoms with E-state index >= 15 is 0 Å². The first-order valence-electron chi connectivity index (χ1n) is 8.47. The van der Waals surface area contributed by atoms with Crippen LogP contribution in [0.5, 0.6) is 0 Å². The third-order valence-corrected chi connectivity index (χ3v) is 5.31. The second kappa shape index (κ2) is 7.35. The molecule has 0 unspecified atom stereocenters. The third-order valence-electron chi connectivity index (χ3n) is 4.26. The number of piperazine rings is 1. The van der Waals surface area contributed by atoms with Crippen molar-refractivity contribution in [2.45, 2.75) is 0 Å².